The van der Waals surface area contributed by atoms with Gasteiger partial charge in [-0.2, -0.15) is 0 Å². The Labute approximate surface area is 123 Å². The molecule has 0 amide bonds. The monoisotopic (exact) mass is 275 g/mol. The quantitative estimate of drug-likeness (QED) is 0.859. The molecule has 1 aliphatic carbocycles. The maximum Gasteiger partial charge on any atom is 0.0992 e. The van der Waals surface area contributed by atoms with Crippen molar-refractivity contribution in [2.75, 3.05) is 6.54 Å². The summed E-state index contributed by atoms with van der Waals surface area (Å²) in [4.78, 5) is 0. The Hall–Kier alpha value is -0.860. The molecule has 3 atom stereocenters. The smallest absolute Gasteiger partial charge is 0.0992 e. The zero-order chi connectivity index (χ0) is 14.6. The first-order valence-corrected chi connectivity index (χ1v) is 8.02. The van der Waals surface area contributed by atoms with E-state index in [4.69, 9.17) is 0 Å². The molecule has 1 saturated carbocycles. The predicted molar refractivity (Wildman–Crippen MR) is 84.6 cm³/mol. The third-order valence-corrected chi connectivity index (χ3v) is 4.78. The van der Waals surface area contributed by atoms with Crippen LogP contribution in [0, 0.1) is 11.8 Å². The van der Waals surface area contributed by atoms with Gasteiger partial charge < -0.3 is 10.4 Å². The zero-order valence-corrected chi connectivity index (χ0v) is 13.1. The Balaban J connectivity index is 1.96. The van der Waals surface area contributed by atoms with Crippen LogP contribution in [-0.4, -0.2) is 17.7 Å². The van der Waals surface area contributed by atoms with E-state index in [9.17, 15) is 5.11 Å². The van der Waals surface area contributed by atoms with Crippen LogP contribution in [0.3, 0.4) is 0 Å². The van der Waals surface area contributed by atoms with Crippen LogP contribution in [0.25, 0.3) is 0 Å². The average molecular weight is 275 g/mol. The van der Waals surface area contributed by atoms with Crippen LogP contribution in [0.15, 0.2) is 30.3 Å². The molecule has 1 aromatic carbocycles. The molecule has 0 saturated heterocycles. The van der Waals surface area contributed by atoms with Crippen molar-refractivity contribution in [3.63, 3.8) is 0 Å². The molecule has 0 aliphatic heterocycles. The van der Waals surface area contributed by atoms with Gasteiger partial charge in [0.1, 0.15) is 0 Å². The van der Waals surface area contributed by atoms with E-state index >= 15 is 0 Å². The van der Waals surface area contributed by atoms with Crippen LogP contribution in [0.5, 0.6) is 0 Å². The second kappa shape index (κ2) is 6.73. The molecule has 2 nitrogen and oxygen atoms in total. The maximum absolute atomic E-state index is 10.7. The van der Waals surface area contributed by atoms with Crippen LogP contribution in [0.2, 0.25) is 0 Å². The van der Waals surface area contributed by atoms with Crippen LogP contribution in [0.4, 0.5) is 0 Å². The molecule has 0 radical (unpaired) electrons. The maximum atomic E-state index is 10.7. The van der Waals surface area contributed by atoms with Gasteiger partial charge in [-0.05, 0) is 37.2 Å². The van der Waals surface area contributed by atoms with E-state index in [-0.39, 0.29) is 0 Å². The molecule has 0 spiro atoms. The second-order valence-electron chi connectivity index (χ2n) is 6.82. The van der Waals surface area contributed by atoms with Crippen molar-refractivity contribution < 1.29 is 5.11 Å². The van der Waals surface area contributed by atoms with Crippen molar-refractivity contribution in [1.82, 2.24) is 5.32 Å². The second-order valence-corrected chi connectivity index (χ2v) is 6.82. The van der Waals surface area contributed by atoms with Crippen molar-refractivity contribution in [1.29, 1.82) is 0 Å². The molecule has 0 heterocycles. The highest BCUT2D eigenvalue weighted by molar-refractivity contribution is 5.21. The molecular formula is C18H29NO. The number of hydrogen-bond acceptors (Lipinski definition) is 2. The first kappa shape index (κ1) is 15.5. The Morgan fingerprint density at radius 3 is 2.50 bits per heavy atom. The molecule has 1 aromatic rings. The standard InChI is InChI=1S/C18H29NO/c1-14(2)16-11-7-8-12-17(16)19-13-18(3,20)15-9-5-4-6-10-15/h4-6,9-10,14,16-17,19-20H,7-8,11-13H2,1-3H3. The predicted octanol–water partition coefficient (Wildman–Crippen LogP) is 3.70. The van der Waals surface area contributed by atoms with E-state index in [1.807, 2.05) is 37.3 Å². The summed E-state index contributed by atoms with van der Waals surface area (Å²) >= 11 is 0. The van der Waals surface area contributed by atoms with Gasteiger partial charge in [0.2, 0.25) is 0 Å². The van der Waals surface area contributed by atoms with Crippen molar-refractivity contribution in [3.8, 4) is 0 Å². The summed E-state index contributed by atoms with van der Waals surface area (Å²) in [5.74, 6) is 1.46. The van der Waals surface area contributed by atoms with Crippen LogP contribution in [0.1, 0.15) is 52.0 Å². The summed E-state index contributed by atoms with van der Waals surface area (Å²) in [5.41, 5.74) is 0.199. The van der Waals surface area contributed by atoms with Gasteiger partial charge in [-0.3, -0.25) is 0 Å². The van der Waals surface area contributed by atoms with Crippen LogP contribution in [-0.2, 0) is 5.60 Å². The SMILES string of the molecule is CC(C)C1CCCCC1NCC(C)(O)c1ccccc1. The van der Waals surface area contributed by atoms with Crippen LogP contribution < -0.4 is 5.32 Å². The summed E-state index contributed by atoms with van der Waals surface area (Å²) < 4.78 is 0. The topological polar surface area (TPSA) is 32.3 Å². The summed E-state index contributed by atoms with van der Waals surface area (Å²) in [6.45, 7) is 7.17. The molecule has 1 aliphatic rings. The van der Waals surface area contributed by atoms with Crippen molar-refractivity contribution in [3.05, 3.63) is 35.9 Å². The first-order chi connectivity index (χ1) is 9.50. The van der Waals surface area contributed by atoms with E-state index in [1.54, 1.807) is 0 Å². The minimum atomic E-state index is -0.791. The van der Waals surface area contributed by atoms with Crippen LogP contribution >= 0.6 is 0 Å². The number of benzene rings is 1. The van der Waals surface area contributed by atoms with Crippen molar-refractivity contribution in [2.24, 2.45) is 11.8 Å². The molecule has 112 valence electrons. The normalized spacial score (nSPS) is 26.4. The highest BCUT2D eigenvalue weighted by Gasteiger charge is 2.30. The lowest BCUT2D eigenvalue weighted by Crippen LogP contribution is -2.46. The summed E-state index contributed by atoms with van der Waals surface area (Å²) in [7, 11) is 0. The van der Waals surface area contributed by atoms with E-state index in [2.05, 4.69) is 19.2 Å². The molecule has 2 heteroatoms. The van der Waals surface area contributed by atoms with Crippen molar-refractivity contribution in [2.45, 2.75) is 58.1 Å². The van der Waals surface area contributed by atoms with Gasteiger partial charge in [0.15, 0.2) is 0 Å². The van der Waals surface area contributed by atoms with Gasteiger partial charge in [0.05, 0.1) is 5.60 Å². The molecule has 20 heavy (non-hydrogen) atoms. The fourth-order valence-electron chi connectivity index (χ4n) is 3.44. The molecule has 2 N–H and O–H groups in total. The lowest BCUT2D eigenvalue weighted by atomic mass is 9.77. The number of nitrogens with one attached hydrogen (secondary N) is 1. The molecule has 1 fully saturated rings. The molecular weight excluding hydrogens is 246 g/mol. The van der Waals surface area contributed by atoms with E-state index < -0.39 is 5.60 Å². The summed E-state index contributed by atoms with van der Waals surface area (Å²) in [6.07, 6.45) is 5.24. The van der Waals surface area contributed by atoms with Gasteiger partial charge in [0.25, 0.3) is 0 Å². The van der Waals surface area contributed by atoms with Crippen molar-refractivity contribution >= 4 is 0 Å². The minimum Gasteiger partial charge on any atom is -0.384 e. The van der Waals surface area contributed by atoms with Gasteiger partial charge in [-0.1, -0.05) is 57.0 Å². The fraction of sp³-hybridized carbons (Fsp3) is 0.667. The number of rotatable bonds is 5. The number of hydrogen-bond donors (Lipinski definition) is 2. The Morgan fingerprint density at radius 1 is 1.20 bits per heavy atom. The number of aliphatic hydroxyl groups is 1. The van der Waals surface area contributed by atoms with E-state index in [0.717, 1.165) is 17.4 Å². The van der Waals surface area contributed by atoms with Gasteiger partial charge in [0, 0.05) is 12.6 Å². The van der Waals surface area contributed by atoms with Gasteiger partial charge in [-0.15, -0.1) is 0 Å². The lowest BCUT2D eigenvalue weighted by molar-refractivity contribution is 0.0465. The highest BCUT2D eigenvalue weighted by Crippen LogP contribution is 2.31. The van der Waals surface area contributed by atoms with Gasteiger partial charge in [-0.25, -0.2) is 0 Å². The first-order valence-electron chi connectivity index (χ1n) is 8.02. The zero-order valence-electron chi connectivity index (χ0n) is 13.1. The van der Waals surface area contributed by atoms with Gasteiger partial charge >= 0.3 is 0 Å². The Morgan fingerprint density at radius 2 is 1.85 bits per heavy atom. The molecule has 0 bridgehead atoms. The van der Waals surface area contributed by atoms with E-state index in [1.165, 1.54) is 25.7 Å². The molecule has 0 aromatic heterocycles. The summed E-state index contributed by atoms with van der Waals surface area (Å²) in [5, 5.41) is 14.3. The third-order valence-electron chi connectivity index (χ3n) is 4.78. The molecule has 2 rings (SSSR count). The summed E-state index contributed by atoms with van der Waals surface area (Å²) in [6, 6.07) is 10.5. The largest absolute Gasteiger partial charge is 0.384 e. The lowest BCUT2D eigenvalue weighted by Gasteiger charge is -2.37. The highest BCUT2D eigenvalue weighted by atomic mass is 16.3. The fourth-order valence-corrected chi connectivity index (χ4v) is 3.44. The van der Waals surface area contributed by atoms with E-state index in [0.29, 0.717) is 12.6 Å². The Bertz CT molecular complexity index is 399. The third kappa shape index (κ3) is 3.83. The minimum absolute atomic E-state index is 0.555. The molecule has 3 unspecified atom stereocenters. The Kier molecular flexibility index (Phi) is 5.22. The average Bonchev–Trinajstić information content (AvgIpc) is 2.46.